The first-order chi connectivity index (χ1) is 7.19. The van der Waals surface area contributed by atoms with Gasteiger partial charge in [-0.05, 0) is 24.1 Å². The van der Waals surface area contributed by atoms with Crippen LogP contribution in [0.5, 0.6) is 0 Å². The van der Waals surface area contributed by atoms with E-state index in [0.29, 0.717) is 16.1 Å². The number of nitrogens with one attached hydrogen (secondary N) is 1. The normalized spacial score (nSPS) is 12.5. The predicted octanol–water partition coefficient (Wildman–Crippen LogP) is 4.22. The number of rotatable bonds is 5. The maximum atomic E-state index is 5.97. The summed E-state index contributed by atoms with van der Waals surface area (Å²) in [4.78, 5) is 0. The van der Waals surface area contributed by atoms with Gasteiger partial charge in [0.2, 0.25) is 0 Å². The second kappa shape index (κ2) is 6.16. The summed E-state index contributed by atoms with van der Waals surface area (Å²) in [7, 11) is 0. The van der Waals surface area contributed by atoms with Crippen LogP contribution in [-0.2, 0) is 0 Å². The van der Waals surface area contributed by atoms with Crippen LogP contribution >= 0.6 is 23.2 Å². The summed E-state index contributed by atoms with van der Waals surface area (Å²) in [5.74, 6) is 0. The lowest BCUT2D eigenvalue weighted by Crippen LogP contribution is -2.20. The molecular formula is C12H15Cl2N. The van der Waals surface area contributed by atoms with Crippen LogP contribution in [0.3, 0.4) is 0 Å². The lowest BCUT2D eigenvalue weighted by molar-refractivity contribution is 0.551. The Hall–Kier alpha value is -0.500. The van der Waals surface area contributed by atoms with E-state index in [1.807, 2.05) is 24.3 Å². The first-order valence-electron chi connectivity index (χ1n) is 4.98. The van der Waals surface area contributed by atoms with Crippen LogP contribution in [0, 0.1) is 0 Å². The molecule has 0 heterocycles. The molecule has 0 fully saturated rings. The standard InChI is InChI=1S/C12H15Cl2N/c1-3-7-15-12(4-2)9-5-6-10(13)11(14)8-9/h3,5-6,8,12,15H,1,4,7H2,2H3. The van der Waals surface area contributed by atoms with E-state index in [1.54, 1.807) is 0 Å². The highest BCUT2D eigenvalue weighted by Crippen LogP contribution is 2.26. The fourth-order valence-electron chi connectivity index (χ4n) is 1.45. The highest BCUT2D eigenvalue weighted by atomic mass is 35.5. The highest BCUT2D eigenvalue weighted by Gasteiger charge is 2.09. The fraction of sp³-hybridized carbons (Fsp3) is 0.333. The quantitative estimate of drug-likeness (QED) is 0.764. The summed E-state index contributed by atoms with van der Waals surface area (Å²) in [6, 6.07) is 6.04. The Morgan fingerprint density at radius 3 is 2.67 bits per heavy atom. The van der Waals surface area contributed by atoms with Crippen molar-refractivity contribution in [2.45, 2.75) is 19.4 Å². The van der Waals surface area contributed by atoms with Crippen LogP contribution in [-0.4, -0.2) is 6.54 Å². The van der Waals surface area contributed by atoms with Crippen molar-refractivity contribution in [2.24, 2.45) is 0 Å². The van der Waals surface area contributed by atoms with Gasteiger partial charge in [0, 0.05) is 12.6 Å². The monoisotopic (exact) mass is 243 g/mol. The Kier molecular flexibility index (Phi) is 5.16. The van der Waals surface area contributed by atoms with Crippen molar-refractivity contribution in [1.29, 1.82) is 0 Å². The Bertz CT molecular complexity index is 336. The third kappa shape index (κ3) is 3.53. The molecule has 0 aliphatic carbocycles. The zero-order valence-corrected chi connectivity index (χ0v) is 10.3. The third-order valence-electron chi connectivity index (χ3n) is 2.26. The predicted molar refractivity (Wildman–Crippen MR) is 67.7 cm³/mol. The van der Waals surface area contributed by atoms with Gasteiger partial charge in [0.05, 0.1) is 10.0 Å². The second-order valence-electron chi connectivity index (χ2n) is 3.33. The molecule has 0 saturated carbocycles. The molecule has 1 aromatic rings. The van der Waals surface area contributed by atoms with E-state index < -0.39 is 0 Å². The molecule has 1 aromatic carbocycles. The summed E-state index contributed by atoms with van der Waals surface area (Å²) in [5, 5.41) is 4.56. The van der Waals surface area contributed by atoms with Crippen molar-refractivity contribution in [1.82, 2.24) is 5.32 Å². The van der Waals surface area contributed by atoms with Gasteiger partial charge in [-0.3, -0.25) is 0 Å². The molecule has 0 radical (unpaired) electrons. The maximum absolute atomic E-state index is 5.97. The van der Waals surface area contributed by atoms with Crippen LogP contribution in [0.1, 0.15) is 24.9 Å². The van der Waals surface area contributed by atoms with Gasteiger partial charge >= 0.3 is 0 Å². The summed E-state index contributed by atoms with van der Waals surface area (Å²) in [5.41, 5.74) is 1.16. The Morgan fingerprint density at radius 1 is 1.40 bits per heavy atom. The van der Waals surface area contributed by atoms with Crippen LogP contribution in [0.2, 0.25) is 10.0 Å². The first-order valence-corrected chi connectivity index (χ1v) is 5.73. The summed E-state index contributed by atoms with van der Waals surface area (Å²) in [6.07, 6.45) is 2.85. The Balaban J connectivity index is 2.82. The molecule has 1 atom stereocenters. The van der Waals surface area contributed by atoms with Crippen LogP contribution in [0.4, 0.5) is 0 Å². The van der Waals surface area contributed by atoms with Gasteiger partial charge in [-0.15, -0.1) is 6.58 Å². The molecule has 0 aliphatic rings. The van der Waals surface area contributed by atoms with Crippen molar-refractivity contribution in [3.05, 3.63) is 46.5 Å². The van der Waals surface area contributed by atoms with E-state index >= 15 is 0 Å². The van der Waals surface area contributed by atoms with E-state index in [0.717, 1.165) is 18.5 Å². The van der Waals surface area contributed by atoms with Gasteiger partial charge in [0.1, 0.15) is 0 Å². The molecule has 0 aromatic heterocycles. The van der Waals surface area contributed by atoms with Gasteiger partial charge in [0.25, 0.3) is 0 Å². The zero-order chi connectivity index (χ0) is 11.3. The van der Waals surface area contributed by atoms with Crippen LogP contribution in [0.25, 0.3) is 0 Å². The van der Waals surface area contributed by atoms with E-state index in [9.17, 15) is 0 Å². The molecular weight excluding hydrogens is 229 g/mol. The summed E-state index contributed by atoms with van der Waals surface area (Å²) in [6.45, 7) is 6.60. The van der Waals surface area contributed by atoms with Gasteiger partial charge < -0.3 is 5.32 Å². The van der Waals surface area contributed by atoms with Gasteiger partial charge in [-0.25, -0.2) is 0 Å². The average molecular weight is 244 g/mol. The van der Waals surface area contributed by atoms with Gasteiger partial charge in [-0.2, -0.15) is 0 Å². The summed E-state index contributed by atoms with van der Waals surface area (Å²) < 4.78 is 0. The lowest BCUT2D eigenvalue weighted by Gasteiger charge is -2.16. The minimum absolute atomic E-state index is 0.303. The Labute approximate surface area is 101 Å². The molecule has 15 heavy (non-hydrogen) atoms. The van der Waals surface area contributed by atoms with Gasteiger partial charge in [-0.1, -0.05) is 42.3 Å². The smallest absolute Gasteiger partial charge is 0.0595 e. The lowest BCUT2D eigenvalue weighted by atomic mass is 10.0. The molecule has 0 spiro atoms. The van der Waals surface area contributed by atoms with Gasteiger partial charge in [0.15, 0.2) is 0 Å². The van der Waals surface area contributed by atoms with E-state index in [1.165, 1.54) is 0 Å². The molecule has 3 heteroatoms. The zero-order valence-electron chi connectivity index (χ0n) is 8.76. The topological polar surface area (TPSA) is 12.0 Å². The molecule has 0 bridgehead atoms. The van der Waals surface area contributed by atoms with E-state index in [-0.39, 0.29) is 0 Å². The molecule has 82 valence electrons. The minimum atomic E-state index is 0.303. The molecule has 0 aliphatic heterocycles. The van der Waals surface area contributed by atoms with Crippen LogP contribution in [0.15, 0.2) is 30.9 Å². The molecule has 1 rings (SSSR count). The molecule has 1 N–H and O–H groups in total. The summed E-state index contributed by atoms with van der Waals surface area (Å²) >= 11 is 11.8. The number of benzene rings is 1. The molecule has 0 amide bonds. The number of hydrogen-bond donors (Lipinski definition) is 1. The number of hydrogen-bond acceptors (Lipinski definition) is 1. The molecule has 1 nitrogen and oxygen atoms in total. The minimum Gasteiger partial charge on any atom is -0.306 e. The van der Waals surface area contributed by atoms with Crippen molar-refractivity contribution in [3.63, 3.8) is 0 Å². The second-order valence-corrected chi connectivity index (χ2v) is 4.15. The first kappa shape index (κ1) is 12.6. The molecule has 0 saturated heterocycles. The van der Waals surface area contributed by atoms with E-state index in [2.05, 4.69) is 18.8 Å². The Morgan fingerprint density at radius 2 is 2.13 bits per heavy atom. The largest absolute Gasteiger partial charge is 0.306 e. The van der Waals surface area contributed by atoms with Crippen molar-refractivity contribution in [3.8, 4) is 0 Å². The highest BCUT2D eigenvalue weighted by molar-refractivity contribution is 6.42. The van der Waals surface area contributed by atoms with Crippen molar-refractivity contribution >= 4 is 23.2 Å². The SMILES string of the molecule is C=CCNC(CC)c1ccc(Cl)c(Cl)c1. The van der Waals surface area contributed by atoms with Crippen LogP contribution < -0.4 is 5.32 Å². The molecule has 1 unspecified atom stereocenters. The average Bonchev–Trinajstić information content (AvgIpc) is 2.24. The third-order valence-corrected chi connectivity index (χ3v) is 3.00. The maximum Gasteiger partial charge on any atom is 0.0595 e. The fourth-order valence-corrected chi connectivity index (χ4v) is 1.76. The number of halogens is 2. The van der Waals surface area contributed by atoms with Crippen molar-refractivity contribution in [2.75, 3.05) is 6.54 Å². The van der Waals surface area contributed by atoms with Crippen molar-refractivity contribution < 1.29 is 0 Å². The van der Waals surface area contributed by atoms with E-state index in [4.69, 9.17) is 23.2 Å².